The number of carbonyl (C=O) groups excluding carboxylic acids is 1. The number of non-ortho nitro benzene ring substituents is 1. The second-order valence-electron chi connectivity index (χ2n) is 4.63. The fourth-order valence-electron chi connectivity index (χ4n) is 1.86. The van der Waals surface area contributed by atoms with Gasteiger partial charge in [-0.25, -0.2) is 0 Å². The van der Waals surface area contributed by atoms with Crippen molar-refractivity contribution in [2.45, 2.75) is 6.92 Å². The van der Waals surface area contributed by atoms with Gasteiger partial charge in [-0.1, -0.05) is 23.7 Å². The van der Waals surface area contributed by atoms with E-state index in [-0.39, 0.29) is 11.6 Å². The van der Waals surface area contributed by atoms with E-state index < -0.39 is 4.92 Å². The van der Waals surface area contributed by atoms with Crippen molar-refractivity contribution in [2.75, 3.05) is 5.32 Å². The van der Waals surface area contributed by atoms with Crippen LogP contribution in [0.4, 0.5) is 11.4 Å². The summed E-state index contributed by atoms with van der Waals surface area (Å²) in [5, 5.41) is 14.0. The number of hydrogen-bond acceptors (Lipinski definition) is 3. The molecule has 22 heavy (non-hydrogen) atoms. The number of nitrogens with one attached hydrogen (secondary N) is 1. The van der Waals surface area contributed by atoms with Gasteiger partial charge in [0.25, 0.3) is 5.69 Å². The lowest BCUT2D eigenvalue weighted by Gasteiger charge is -2.06. The quantitative estimate of drug-likeness (QED) is 0.521. The van der Waals surface area contributed by atoms with Crippen LogP contribution in [0.2, 0.25) is 5.02 Å². The number of nitro benzene ring substituents is 1. The van der Waals surface area contributed by atoms with Crippen molar-refractivity contribution in [3.8, 4) is 0 Å². The highest BCUT2D eigenvalue weighted by molar-refractivity contribution is 6.30. The van der Waals surface area contributed by atoms with Crippen molar-refractivity contribution in [1.29, 1.82) is 0 Å². The van der Waals surface area contributed by atoms with Crippen molar-refractivity contribution >= 4 is 35.0 Å². The summed E-state index contributed by atoms with van der Waals surface area (Å²) in [5.41, 5.74) is 2.08. The first kappa shape index (κ1) is 15.7. The van der Waals surface area contributed by atoms with Crippen LogP contribution in [0.3, 0.4) is 0 Å². The minimum atomic E-state index is -0.478. The molecule has 0 aliphatic rings. The van der Waals surface area contributed by atoms with Gasteiger partial charge in [-0.15, -0.1) is 0 Å². The Morgan fingerprint density at radius 2 is 2.05 bits per heavy atom. The molecule has 6 heteroatoms. The van der Waals surface area contributed by atoms with Crippen LogP contribution >= 0.6 is 11.6 Å². The Labute approximate surface area is 132 Å². The second kappa shape index (κ2) is 6.87. The van der Waals surface area contributed by atoms with Crippen molar-refractivity contribution in [3.05, 3.63) is 74.8 Å². The highest BCUT2D eigenvalue weighted by atomic mass is 35.5. The predicted octanol–water partition coefficient (Wildman–Crippen LogP) is 4.21. The molecule has 2 aromatic carbocycles. The van der Waals surface area contributed by atoms with Crippen LogP contribution in [0.25, 0.3) is 6.08 Å². The zero-order valence-electron chi connectivity index (χ0n) is 11.7. The molecule has 0 aliphatic heterocycles. The molecule has 2 rings (SSSR count). The second-order valence-corrected chi connectivity index (χ2v) is 5.07. The summed E-state index contributed by atoms with van der Waals surface area (Å²) in [6.07, 6.45) is 2.85. The number of aryl methyl sites for hydroxylation is 1. The van der Waals surface area contributed by atoms with E-state index in [2.05, 4.69) is 5.32 Å². The molecule has 0 unspecified atom stereocenters. The monoisotopic (exact) mass is 316 g/mol. The minimum Gasteiger partial charge on any atom is -0.322 e. The third-order valence-corrected chi connectivity index (χ3v) is 3.19. The summed E-state index contributed by atoms with van der Waals surface area (Å²) >= 11 is 5.85. The molecule has 1 amide bonds. The molecule has 0 atom stereocenters. The average Bonchev–Trinajstić information content (AvgIpc) is 2.48. The summed E-state index contributed by atoms with van der Waals surface area (Å²) in [5.74, 6) is -0.322. The van der Waals surface area contributed by atoms with E-state index >= 15 is 0 Å². The van der Waals surface area contributed by atoms with Crippen molar-refractivity contribution in [2.24, 2.45) is 0 Å². The van der Waals surface area contributed by atoms with Gasteiger partial charge in [-0.3, -0.25) is 14.9 Å². The molecule has 2 aromatic rings. The molecule has 0 aliphatic carbocycles. The fourth-order valence-corrected chi connectivity index (χ4v) is 2.08. The summed E-state index contributed by atoms with van der Waals surface area (Å²) < 4.78 is 0. The fraction of sp³-hybridized carbons (Fsp3) is 0.0625. The average molecular weight is 317 g/mol. The molecule has 0 saturated carbocycles. The minimum absolute atomic E-state index is 0.0175. The lowest BCUT2D eigenvalue weighted by Crippen LogP contribution is -2.08. The van der Waals surface area contributed by atoms with E-state index in [4.69, 9.17) is 11.6 Å². The van der Waals surface area contributed by atoms with Gasteiger partial charge in [0.1, 0.15) is 0 Å². The molecule has 112 valence electrons. The number of amides is 1. The van der Waals surface area contributed by atoms with Gasteiger partial charge in [0.15, 0.2) is 0 Å². The number of halogens is 1. The van der Waals surface area contributed by atoms with Crippen molar-refractivity contribution < 1.29 is 9.72 Å². The van der Waals surface area contributed by atoms with Gasteiger partial charge in [0.2, 0.25) is 5.91 Å². The lowest BCUT2D eigenvalue weighted by molar-refractivity contribution is -0.384. The maximum absolute atomic E-state index is 11.9. The molecular formula is C16H13ClN2O3. The normalized spacial score (nSPS) is 10.6. The zero-order chi connectivity index (χ0) is 16.1. The van der Waals surface area contributed by atoms with E-state index in [1.165, 1.54) is 24.3 Å². The first-order valence-corrected chi connectivity index (χ1v) is 6.83. The Balaban J connectivity index is 2.08. The van der Waals surface area contributed by atoms with Gasteiger partial charge in [-0.2, -0.15) is 0 Å². The summed E-state index contributed by atoms with van der Waals surface area (Å²) in [6.45, 7) is 1.84. The van der Waals surface area contributed by atoms with Gasteiger partial charge in [-0.05, 0) is 42.3 Å². The number of benzene rings is 2. The van der Waals surface area contributed by atoms with Crippen LogP contribution < -0.4 is 5.32 Å². The van der Waals surface area contributed by atoms with Crippen LogP contribution in [-0.2, 0) is 4.79 Å². The van der Waals surface area contributed by atoms with Gasteiger partial charge < -0.3 is 5.32 Å². The smallest absolute Gasteiger partial charge is 0.270 e. The standard InChI is InChI=1S/C16H13ClN2O3/c1-11-9-13(17)6-7-15(11)18-16(20)8-5-12-3-2-4-14(10-12)19(21)22/h2-10H,1H3,(H,18,20). The molecule has 0 spiro atoms. The molecule has 0 heterocycles. The molecule has 0 fully saturated rings. The molecule has 0 bridgehead atoms. The van der Waals surface area contributed by atoms with Crippen molar-refractivity contribution in [1.82, 2.24) is 0 Å². The first-order chi connectivity index (χ1) is 10.5. The summed E-state index contributed by atoms with van der Waals surface area (Å²) in [6, 6.07) is 11.2. The Kier molecular flexibility index (Phi) is 4.91. The maximum atomic E-state index is 11.9. The van der Waals surface area contributed by atoms with E-state index in [1.807, 2.05) is 6.92 Å². The highest BCUT2D eigenvalue weighted by Crippen LogP contribution is 2.19. The molecule has 1 N–H and O–H groups in total. The Morgan fingerprint density at radius 1 is 1.27 bits per heavy atom. The molecular weight excluding hydrogens is 304 g/mol. The number of nitro groups is 1. The third-order valence-electron chi connectivity index (χ3n) is 2.95. The number of hydrogen-bond donors (Lipinski definition) is 1. The molecule has 0 saturated heterocycles. The van der Waals surface area contributed by atoms with E-state index in [1.54, 1.807) is 30.3 Å². The molecule has 0 radical (unpaired) electrons. The topological polar surface area (TPSA) is 72.2 Å². The molecule has 5 nitrogen and oxygen atoms in total. The van der Waals surface area contributed by atoms with Crippen molar-refractivity contribution in [3.63, 3.8) is 0 Å². The number of nitrogens with zero attached hydrogens (tertiary/aromatic N) is 1. The van der Waals surface area contributed by atoms with E-state index in [0.717, 1.165) is 5.56 Å². The first-order valence-electron chi connectivity index (χ1n) is 6.45. The number of anilines is 1. The largest absolute Gasteiger partial charge is 0.322 e. The lowest BCUT2D eigenvalue weighted by atomic mass is 10.2. The number of carbonyl (C=O) groups is 1. The summed E-state index contributed by atoms with van der Waals surface area (Å²) in [7, 11) is 0. The SMILES string of the molecule is Cc1cc(Cl)ccc1NC(=O)C=Cc1cccc([N+](=O)[O-])c1. The molecule has 0 aromatic heterocycles. The van der Waals surface area contributed by atoms with Crippen LogP contribution in [0.15, 0.2) is 48.5 Å². The van der Waals surface area contributed by atoms with Crippen LogP contribution in [0, 0.1) is 17.0 Å². The summed E-state index contributed by atoms with van der Waals surface area (Å²) in [4.78, 5) is 22.1. The zero-order valence-corrected chi connectivity index (χ0v) is 12.5. The van der Waals surface area contributed by atoms with Crippen LogP contribution in [-0.4, -0.2) is 10.8 Å². The Bertz CT molecular complexity index is 757. The number of rotatable bonds is 4. The van der Waals surface area contributed by atoms with Crippen LogP contribution in [0.1, 0.15) is 11.1 Å². The third kappa shape index (κ3) is 4.17. The highest BCUT2D eigenvalue weighted by Gasteiger charge is 2.05. The van der Waals surface area contributed by atoms with Gasteiger partial charge in [0, 0.05) is 28.9 Å². The Morgan fingerprint density at radius 3 is 2.73 bits per heavy atom. The van der Waals surface area contributed by atoms with E-state index in [9.17, 15) is 14.9 Å². The van der Waals surface area contributed by atoms with Gasteiger partial charge in [0.05, 0.1) is 4.92 Å². The van der Waals surface area contributed by atoms with Crippen LogP contribution in [0.5, 0.6) is 0 Å². The van der Waals surface area contributed by atoms with Gasteiger partial charge >= 0.3 is 0 Å². The predicted molar refractivity (Wildman–Crippen MR) is 86.9 cm³/mol. The maximum Gasteiger partial charge on any atom is 0.270 e. The Hall–Kier alpha value is -2.66. The van der Waals surface area contributed by atoms with E-state index in [0.29, 0.717) is 16.3 Å².